The average Bonchev–Trinajstić information content (AvgIpc) is 2.83. The summed E-state index contributed by atoms with van der Waals surface area (Å²) in [5, 5.41) is 4.72. The molecule has 2 N–H and O–H groups in total. The Kier molecular flexibility index (Phi) is 8.71. The van der Waals surface area contributed by atoms with Crippen molar-refractivity contribution in [1.29, 1.82) is 0 Å². The molecule has 0 radical (unpaired) electrons. The first-order valence-electron chi connectivity index (χ1n) is 11.7. The van der Waals surface area contributed by atoms with E-state index in [0.717, 1.165) is 0 Å². The number of hydrogen-bond donors (Lipinski definition) is 2. The van der Waals surface area contributed by atoms with Crippen LogP contribution in [0.3, 0.4) is 0 Å². The number of carbonyl (C=O) groups is 2. The summed E-state index contributed by atoms with van der Waals surface area (Å²) >= 11 is 0. The lowest BCUT2D eigenvalue weighted by atomic mass is 9.90. The summed E-state index contributed by atoms with van der Waals surface area (Å²) in [5.41, 5.74) is 0.311. The van der Waals surface area contributed by atoms with Crippen LogP contribution in [-0.4, -0.2) is 69.6 Å². The Hall–Kier alpha value is -3.71. The van der Waals surface area contributed by atoms with Crippen molar-refractivity contribution in [3.05, 3.63) is 24.8 Å². The van der Waals surface area contributed by atoms with Crippen LogP contribution in [-0.2, 0) is 4.74 Å². The van der Waals surface area contributed by atoms with Crippen LogP contribution in [0.4, 0.5) is 28.6 Å². The van der Waals surface area contributed by atoms with Gasteiger partial charge in [0.15, 0.2) is 5.82 Å². The minimum atomic E-state index is -4.57. The molecule has 2 aromatic rings. The Morgan fingerprint density at radius 2 is 1.65 bits per heavy atom. The highest BCUT2D eigenvalue weighted by Crippen LogP contribution is 2.28. The largest absolute Gasteiger partial charge is 0.467 e. The maximum atomic E-state index is 12.9. The molecule has 0 atom stereocenters. The number of carbonyl (C=O) groups excluding carboxylic acids is 2. The van der Waals surface area contributed by atoms with E-state index in [1.807, 2.05) is 5.32 Å². The molecular formula is C23H30F3N7O4. The highest BCUT2D eigenvalue weighted by atomic mass is 19.4. The number of urea groups is 1. The fraction of sp³-hybridized carbons (Fsp3) is 0.565. The summed E-state index contributed by atoms with van der Waals surface area (Å²) in [7, 11) is 1.43. The maximum absolute atomic E-state index is 12.9. The second kappa shape index (κ2) is 11.6. The lowest BCUT2D eigenvalue weighted by molar-refractivity contribution is -0.122. The average molecular weight is 526 g/mol. The van der Waals surface area contributed by atoms with E-state index in [1.54, 1.807) is 20.8 Å². The van der Waals surface area contributed by atoms with Gasteiger partial charge in [0.2, 0.25) is 0 Å². The molecule has 0 bridgehead atoms. The number of alkyl halides is 3. The number of ether oxygens (including phenoxy) is 2. The molecule has 2 aromatic heterocycles. The van der Waals surface area contributed by atoms with E-state index in [1.165, 1.54) is 36.8 Å². The number of rotatable bonds is 6. The second-order valence-electron chi connectivity index (χ2n) is 9.51. The highest BCUT2D eigenvalue weighted by Gasteiger charge is 2.34. The molecule has 0 saturated heterocycles. The number of amides is 3. The van der Waals surface area contributed by atoms with Crippen molar-refractivity contribution in [2.75, 3.05) is 18.6 Å². The number of hydrogen-bond acceptors (Lipinski definition) is 8. The molecule has 0 aliphatic heterocycles. The van der Waals surface area contributed by atoms with Crippen LogP contribution < -0.4 is 20.3 Å². The molecule has 0 unspecified atom stereocenters. The summed E-state index contributed by atoms with van der Waals surface area (Å²) in [6, 6.07) is -1.39. The van der Waals surface area contributed by atoms with Crippen molar-refractivity contribution in [2.24, 2.45) is 0 Å². The van der Waals surface area contributed by atoms with Gasteiger partial charge in [0.05, 0.1) is 25.2 Å². The molecule has 11 nitrogen and oxygen atoms in total. The summed E-state index contributed by atoms with van der Waals surface area (Å²) < 4.78 is 48.5. The van der Waals surface area contributed by atoms with Crippen LogP contribution in [0.15, 0.2) is 24.8 Å². The van der Waals surface area contributed by atoms with E-state index in [2.05, 4.69) is 25.3 Å². The van der Waals surface area contributed by atoms with E-state index in [-0.39, 0.29) is 17.9 Å². The number of nitrogens with zero attached hydrogens (tertiary/aromatic N) is 5. The molecule has 0 spiro atoms. The van der Waals surface area contributed by atoms with Crippen molar-refractivity contribution >= 4 is 17.9 Å². The molecule has 1 fully saturated rings. The third kappa shape index (κ3) is 8.43. The van der Waals surface area contributed by atoms with Gasteiger partial charge in [-0.25, -0.2) is 24.5 Å². The van der Waals surface area contributed by atoms with E-state index >= 15 is 0 Å². The van der Waals surface area contributed by atoms with Crippen molar-refractivity contribution in [2.45, 2.75) is 70.3 Å². The molecule has 1 aliphatic rings. The molecule has 1 aliphatic carbocycles. The molecule has 37 heavy (non-hydrogen) atoms. The van der Waals surface area contributed by atoms with Gasteiger partial charge < -0.3 is 20.1 Å². The van der Waals surface area contributed by atoms with Gasteiger partial charge in [0.25, 0.3) is 0 Å². The van der Waals surface area contributed by atoms with Gasteiger partial charge in [-0.2, -0.15) is 13.2 Å². The first-order chi connectivity index (χ1) is 17.3. The normalized spacial score (nSPS) is 18.0. The standard InChI is InChI=1S/C23H30F3N7O4/c1-22(2,3)37-21(35)32-15-5-7-16(8-6-15)33(20(34)31-13-23(24,25)26)18-12-27-17(11-28-18)14-9-29-19(36-4)30-10-14/h9-12,15-16H,5-8,13H2,1-4H3,(H,31,34)(H,32,35)/t15-,16-. The minimum Gasteiger partial charge on any atom is -0.467 e. The van der Waals surface area contributed by atoms with Gasteiger partial charge in [-0.3, -0.25) is 9.88 Å². The topological polar surface area (TPSA) is 131 Å². The van der Waals surface area contributed by atoms with E-state index in [0.29, 0.717) is 36.9 Å². The Balaban J connectivity index is 1.73. The molecule has 202 valence electrons. The van der Waals surface area contributed by atoms with Crippen LogP contribution in [0.25, 0.3) is 11.3 Å². The predicted molar refractivity (Wildman–Crippen MR) is 127 cm³/mol. The van der Waals surface area contributed by atoms with Crippen molar-refractivity contribution < 1.29 is 32.2 Å². The van der Waals surface area contributed by atoms with Crippen LogP contribution in [0.2, 0.25) is 0 Å². The molecule has 1 saturated carbocycles. The summed E-state index contributed by atoms with van der Waals surface area (Å²) in [4.78, 5) is 42.7. The molecule has 3 rings (SSSR count). The third-order valence-corrected chi connectivity index (χ3v) is 5.43. The minimum absolute atomic E-state index is 0.0985. The first kappa shape index (κ1) is 27.9. The summed E-state index contributed by atoms with van der Waals surface area (Å²) in [6.45, 7) is 3.80. The maximum Gasteiger partial charge on any atom is 0.407 e. The van der Waals surface area contributed by atoms with Gasteiger partial charge in [0.1, 0.15) is 12.1 Å². The van der Waals surface area contributed by atoms with Gasteiger partial charge in [-0.1, -0.05) is 0 Å². The second-order valence-corrected chi connectivity index (χ2v) is 9.51. The smallest absolute Gasteiger partial charge is 0.407 e. The number of alkyl carbamates (subject to hydrolysis) is 1. The zero-order chi connectivity index (χ0) is 27.2. The van der Waals surface area contributed by atoms with Gasteiger partial charge in [0, 0.05) is 30.0 Å². The summed E-state index contributed by atoms with van der Waals surface area (Å²) in [5.74, 6) is 0.0985. The number of nitrogens with one attached hydrogen (secondary N) is 2. The SMILES string of the molecule is COc1ncc(-c2cnc(N(C(=O)NCC(F)(F)F)[C@H]3CC[C@H](NC(=O)OC(C)(C)C)CC3)cn2)cn1. The highest BCUT2D eigenvalue weighted by molar-refractivity contribution is 5.91. The van der Waals surface area contributed by atoms with Crippen molar-refractivity contribution in [1.82, 2.24) is 30.6 Å². The van der Waals surface area contributed by atoms with E-state index in [9.17, 15) is 22.8 Å². The molecule has 0 aromatic carbocycles. The molecule has 3 amide bonds. The van der Waals surface area contributed by atoms with Gasteiger partial charge >= 0.3 is 24.3 Å². The van der Waals surface area contributed by atoms with E-state index in [4.69, 9.17) is 9.47 Å². The zero-order valence-electron chi connectivity index (χ0n) is 21.0. The molecular weight excluding hydrogens is 495 g/mol. The van der Waals surface area contributed by atoms with Crippen molar-refractivity contribution in [3.8, 4) is 17.3 Å². The van der Waals surface area contributed by atoms with Crippen LogP contribution >= 0.6 is 0 Å². The van der Waals surface area contributed by atoms with E-state index < -0.39 is 36.5 Å². The summed E-state index contributed by atoms with van der Waals surface area (Å²) in [6.07, 6.45) is 2.43. The van der Waals surface area contributed by atoms with Crippen LogP contribution in [0.1, 0.15) is 46.5 Å². The van der Waals surface area contributed by atoms with Gasteiger partial charge in [-0.15, -0.1) is 0 Å². The number of aromatic nitrogens is 4. The fourth-order valence-corrected chi connectivity index (χ4v) is 3.82. The number of methoxy groups -OCH3 is 1. The Labute approximate surface area is 212 Å². The lowest BCUT2D eigenvalue weighted by Gasteiger charge is -2.36. The Morgan fingerprint density at radius 3 is 2.16 bits per heavy atom. The third-order valence-electron chi connectivity index (χ3n) is 5.43. The Morgan fingerprint density at radius 1 is 1.00 bits per heavy atom. The van der Waals surface area contributed by atoms with Gasteiger partial charge in [-0.05, 0) is 46.5 Å². The lowest BCUT2D eigenvalue weighted by Crippen LogP contribution is -2.51. The number of anilines is 1. The zero-order valence-corrected chi connectivity index (χ0v) is 21.0. The fourth-order valence-electron chi connectivity index (χ4n) is 3.82. The first-order valence-corrected chi connectivity index (χ1v) is 11.7. The quantitative estimate of drug-likeness (QED) is 0.581. The molecule has 14 heteroatoms. The monoisotopic (exact) mass is 525 g/mol. The molecule has 2 heterocycles. The predicted octanol–water partition coefficient (Wildman–Crippen LogP) is 3.86. The number of halogens is 3. The van der Waals surface area contributed by atoms with Crippen LogP contribution in [0.5, 0.6) is 6.01 Å². The van der Waals surface area contributed by atoms with Crippen molar-refractivity contribution in [3.63, 3.8) is 0 Å². The Bertz CT molecular complexity index is 1050. The van der Waals surface area contributed by atoms with Crippen LogP contribution in [0, 0.1) is 0 Å².